The first-order valence-corrected chi connectivity index (χ1v) is 5.09. The molecule has 1 saturated heterocycles. The molecule has 0 aromatic rings. The highest BCUT2D eigenvalue weighted by molar-refractivity contribution is 5.82. The van der Waals surface area contributed by atoms with E-state index in [9.17, 15) is 4.79 Å². The molecule has 2 N–H and O–H groups in total. The molecule has 3 aliphatic heterocycles. The molecule has 1 atom stereocenters. The maximum Gasteiger partial charge on any atom is 0.407 e. The summed E-state index contributed by atoms with van der Waals surface area (Å²) in [5, 5.41) is 8.75. The number of hydrogen-bond acceptors (Lipinski definition) is 3. The van der Waals surface area contributed by atoms with Gasteiger partial charge < -0.3 is 22.4 Å². The largest absolute Gasteiger partial charge is 1.00 e. The second kappa shape index (κ2) is 4.31. The van der Waals surface area contributed by atoms with Crippen LogP contribution in [-0.4, -0.2) is 41.7 Å². The Kier molecular flexibility index (Phi) is 2.99. The van der Waals surface area contributed by atoms with Crippen LogP contribution in [0.5, 0.6) is 0 Å². The van der Waals surface area contributed by atoms with Crippen molar-refractivity contribution in [3.63, 3.8) is 0 Å². The van der Waals surface area contributed by atoms with Gasteiger partial charge in [-0.05, 0) is 0 Å². The van der Waals surface area contributed by atoms with E-state index in [1.165, 1.54) is 4.90 Å². The topological polar surface area (TPSA) is 69.7 Å². The summed E-state index contributed by atoms with van der Waals surface area (Å²) >= 11 is 0. The Bertz CT molecular complexity index is 463. The lowest BCUT2D eigenvalue weighted by atomic mass is 9.96. The standard InChI is InChI=1S/C10H10N4O2.ClH/c15-10(16)14-4-7(5-14)9-8-3-11-1-2-13(8)6-12-9;/h1-3,6-7H,4-5H2,(H,15,16);1H. The molecule has 0 aromatic carbocycles. The van der Waals surface area contributed by atoms with Crippen LogP contribution >= 0.6 is 0 Å². The first kappa shape index (κ1) is 11.8. The molecular formula is C10H11ClN4O2. The van der Waals surface area contributed by atoms with Crippen LogP contribution in [0.4, 0.5) is 4.79 Å². The number of likely N-dealkylation sites (tertiary alicyclic amines) is 1. The third kappa shape index (κ3) is 1.85. The highest BCUT2D eigenvalue weighted by Gasteiger charge is 2.38. The molecule has 0 bridgehead atoms. The fourth-order valence-electron chi connectivity index (χ4n) is 2.07. The van der Waals surface area contributed by atoms with Crippen LogP contribution in [0.3, 0.4) is 0 Å². The molecule has 0 radical (unpaired) electrons. The fraction of sp³-hybridized carbons (Fsp3) is 0.300. The number of aliphatic imine (C=N–C) groups is 2. The molecular weight excluding hydrogens is 244 g/mol. The third-order valence-electron chi connectivity index (χ3n) is 3.01. The number of hydrogen-bond donors (Lipinski definition) is 2. The number of carboxylic acid groups (broad SMARTS) is 1. The van der Waals surface area contributed by atoms with Crippen molar-refractivity contribution >= 4 is 18.6 Å². The van der Waals surface area contributed by atoms with Crippen LogP contribution in [0.2, 0.25) is 0 Å². The Morgan fingerprint density at radius 2 is 2.29 bits per heavy atom. The van der Waals surface area contributed by atoms with Gasteiger partial charge in [0.2, 0.25) is 0 Å². The SMILES string of the molecule is O=C(O)N1CC(C2=C3C=NC=C[NH+]3C=N2)C1.[Cl-]. The van der Waals surface area contributed by atoms with E-state index in [1.54, 1.807) is 12.4 Å². The van der Waals surface area contributed by atoms with Crippen molar-refractivity contribution in [3.8, 4) is 0 Å². The quantitative estimate of drug-likeness (QED) is 0.506. The first-order chi connectivity index (χ1) is 7.75. The number of carbonyl (C=O) groups is 1. The number of halogens is 1. The van der Waals surface area contributed by atoms with Gasteiger partial charge in [-0.2, -0.15) is 0 Å². The van der Waals surface area contributed by atoms with Crippen LogP contribution < -0.4 is 17.3 Å². The summed E-state index contributed by atoms with van der Waals surface area (Å²) in [6.07, 6.45) is 6.40. The first-order valence-electron chi connectivity index (χ1n) is 5.09. The lowest BCUT2D eigenvalue weighted by Gasteiger charge is -2.36. The summed E-state index contributed by atoms with van der Waals surface area (Å²) < 4.78 is 0. The molecule has 1 fully saturated rings. The number of allylic oxidation sites excluding steroid dienone is 1. The summed E-state index contributed by atoms with van der Waals surface area (Å²) in [5.41, 5.74) is 2.01. The predicted molar refractivity (Wildman–Crippen MR) is 57.2 cm³/mol. The number of nitrogens with one attached hydrogen (secondary N) is 1. The molecule has 90 valence electrons. The minimum Gasteiger partial charge on any atom is -1.00 e. The molecule has 0 saturated carbocycles. The number of rotatable bonds is 1. The van der Waals surface area contributed by atoms with Crippen molar-refractivity contribution in [2.24, 2.45) is 15.9 Å². The van der Waals surface area contributed by atoms with Gasteiger partial charge in [0, 0.05) is 19.0 Å². The van der Waals surface area contributed by atoms with Gasteiger partial charge in [-0.1, -0.05) is 0 Å². The van der Waals surface area contributed by atoms with Crippen molar-refractivity contribution < 1.29 is 27.2 Å². The number of amides is 1. The van der Waals surface area contributed by atoms with E-state index in [4.69, 9.17) is 5.11 Å². The summed E-state index contributed by atoms with van der Waals surface area (Å²) in [5.74, 6) is 0.220. The zero-order valence-corrected chi connectivity index (χ0v) is 9.63. The average molecular weight is 255 g/mol. The molecule has 3 aliphatic rings. The molecule has 1 amide bonds. The lowest BCUT2D eigenvalue weighted by Crippen LogP contribution is -3.04. The highest BCUT2D eigenvalue weighted by Crippen LogP contribution is 2.26. The molecule has 6 nitrogen and oxygen atoms in total. The van der Waals surface area contributed by atoms with E-state index < -0.39 is 6.09 Å². The summed E-state index contributed by atoms with van der Waals surface area (Å²) in [7, 11) is 0. The van der Waals surface area contributed by atoms with Crippen LogP contribution in [0.1, 0.15) is 0 Å². The van der Waals surface area contributed by atoms with E-state index in [2.05, 4.69) is 9.98 Å². The maximum atomic E-state index is 10.7. The molecule has 3 heterocycles. The highest BCUT2D eigenvalue weighted by atomic mass is 35.5. The zero-order chi connectivity index (χ0) is 11.1. The van der Waals surface area contributed by atoms with Gasteiger partial charge in [0.1, 0.15) is 11.9 Å². The van der Waals surface area contributed by atoms with E-state index in [-0.39, 0.29) is 18.3 Å². The van der Waals surface area contributed by atoms with Crippen molar-refractivity contribution in [1.82, 2.24) is 4.90 Å². The van der Waals surface area contributed by atoms with E-state index in [0.717, 1.165) is 16.3 Å². The molecule has 7 heteroatoms. The molecule has 17 heavy (non-hydrogen) atoms. The maximum absolute atomic E-state index is 10.7. The minimum atomic E-state index is -0.856. The van der Waals surface area contributed by atoms with Crippen LogP contribution in [0, 0.1) is 5.92 Å². The van der Waals surface area contributed by atoms with Crippen LogP contribution in [0.25, 0.3) is 0 Å². The summed E-state index contributed by atoms with van der Waals surface area (Å²) in [6, 6.07) is 0. The second-order valence-corrected chi connectivity index (χ2v) is 3.99. The Morgan fingerprint density at radius 1 is 1.53 bits per heavy atom. The third-order valence-corrected chi connectivity index (χ3v) is 3.01. The number of quaternary nitrogens is 1. The number of fused-ring (bicyclic) bond motifs is 1. The van der Waals surface area contributed by atoms with E-state index in [0.29, 0.717) is 13.1 Å². The predicted octanol–water partition coefficient (Wildman–Crippen LogP) is -3.71. The number of nitrogens with zero attached hydrogens (tertiary/aromatic N) is 3. The van der Waals surface area contributed by atoms with E-state index in [1.807, 2.05) is 12.5 Å². The monoisotopic (exact) mass is 254 g/mol. The van der Waals surface area contributed by atoms with Gasteiger partial charge in [0.15, 0.2) is 12.0 Å². The summed E-state index contributed by atoms with van der Waals surface area (Å²) in [4.78, 5) is 21.5. The Hall–Kier alpha value is -1.66. The smallest absolute Gasteiger partial charge is 0.407 e. The summed E-state index contributed by atoms with van der Waals surface area (Å²) in [6.45, 7) is 1.08. The molecule has 3 rings (SSSR count). The molecule has 1 unspecified atom stereocenters. The molecule has 0 spiro atoms. The minimum absolute atomic E-state index is 0. The Labute approximate surface area is 104 Å². The second-order valence-electron chi connectivity index (χ2n) is 3.99. The Morgan fingerprint density at radius 3 is 3.00 bits per heavy atom. The van der Waals surface area contributed by atoms with Crippen molar-refractivity contribution in [3.05, 3.63) is 23.8 Å². The normalized spacial score (nSPS) is 25.6. The molecule has 0 aromatic heterocycles. The Balaban J connectivity index is 0.00000108. The van der Waals surface area contributed by atoms with Gasteiger partial charge in [-0.25, -0.2) is 14.7 Å². The van der Waals surface area contributed by atoms with E-state index >= 15 is 0 Å². The van der Waals surface area contributed by atoms with Gasteiger partial charge in [0.05, 0.1) is 12.4 Å². The van der Waals surface area contributed by atoms with Crippen LogP contribution in [0.15, 0.2) is 33.8 Å². The van der Waals surface area contributed by atoms with Crippen molar-refractivity contribution in [2.75, 3.05) is 13.1 Å². The molecule has 0 aliphatic carbocycles. The van der Waals surface area contributed by atoms with Crippen molar-refractivity contribution in [1.29, 1.82) is 0 Å². The fourth-order valence-corrected chi connectivity index (χ4v) is 2.07. The van der Waals surface area contributed by atoms with Gasteiger partial charge >= 0.3 is 6.09 Å². The van der Waals surface area contributed by atoms with Gasteiger partial charge in [-0.3, -0.25) is 4.99 Å². The van der Waals surface area contributed by atoms with Crippen molar-refractivity contribution in [2.45, 2.75) is 0 Å². The van der Waals surface area contributed by atoms with Crippen LogP contribution in [-0.2, 0) is 0 Å². The van der Waals surface area contributed by atoms with Gasteiger partial charge in [-0.15, -0.1) is 0 Å². The average Bonchev–Trinajstić information content (AvgIpc) is 2.60. The van der Waals surface area contributed by atoms with Gasteiger partial charge in [0.25, 0.3) is 0 Å². The zero-order valence-electron chi connectivity index (χ0n) is 8.88. The lowest BCUT2D eigenvalue weighted by molar-refractivity contribution is -0.682.